The predicted molar refractivity (Wildman–Crippen MR) is 107 cm³/mol. The van der Waals surface area contributed by atoms with E-state index in [0.29, 0.717) is 6.61 Å². The van der Waals surface area contributed by atoms with Crippen LogP contribution >= 0.6 is 27.5 Å². The van der Waals surface area contributed by atoms with Crippen molar-refractivity contribution in [2.45, 2.75) is 25.9 Å². The van der Waals surface area contributed by atoms with Gasteiger partial charge in [0.1, 0.15) is 12.4 Å². The van der Waals surface area contributed by atoms with Crippen LogP contribution in [0.5, 0.6) is 5.75 Å². The van der Waals surface area contributed by atoms with Crippen molar-refractivity contribution in [3.8, 4) is 5.75 Å². The zero-order chi connectivity index (χ0) is 17.2. The van der Waals surface area contributed by atoms with Crippen molar-refractivity contribution in [2.24, 2.45) is 0 Å². The van der Waals surface area contributed by atoms with Gasteiger partial charge in [-0.05, 0) is 69.1 Å². The largest absolute Gasteiger partial charge is 0.488 e. The van der Waals surface area contributed by atoms with Crippen LogP contribution in [0.25, 0.3) is 0 Å². The summed E-state index contributed by atoms with van der Waals surface area (Å²) in [6.45, 7) is 0.528. The molecule has 3 aromatic carbocycles. The SMILES string of the molecule is Clc1cc(OCc2ccccc2)c(Br)cc1Cc1ccc2c(c1)CC2. The summed E-state index contributed by atoms with van der Waals surface area (Å²) in [4.78, 5) is 0. The normalized spacial score (nSPS) is 12.4. The van der Waals surface area contributed by atoms with Crippen molar-refractivity contribution in [1.29, 1.82) is 0 Å². The van der Waals surface area contributed by atoms with Gasteiger partial charge in [-0.3, -0.25) is 0 Å². The standard InChI is InChI=1S/C22H18BrClO/c23-20-12-19(11-16-6-7-17-8-9-18(17)10-16)21(24)13-22(20)25-14-15-4-2-1-3-5-15/h1-7,10,12-13H,8-9,11,14H2. The zero-order valence-corrected chi connectivity index (χ0v) is 16.1. The minimum Gasteiger partial charge on any atom is -0.488 e. The van der Waals surface area contributed by atoms with E-state index in [2.05, 4.69) is 52.3 Å². The first-order chi connectivity index (χ1) is 12.2. The topological polar surface area (TPSA) is 9.23 Å². The quantitative estimate of drug-likeness (QED) is 0.472. The number of halogens is 2. The van der Waals surface area contributed by atoms with Crippen molar-refractivity contribution in [3.05, 3.63) is 98.0 Å². The third kappa shape index (κ3) is 3.75. The summed E-state index contributed by atoms with van der Waals surface area (Å²) in [5, 5.41) is 0.744. The molecule has 1 nitrogen and oxygen atoms in total. The van der Waals surface area contributed by atoms with Gasteiger partial charge in [0.15, 0.2) is 0 Å². The average molecular weight is 414 g/mol. The van der Waals surface area contributed by atoms with E-state index in [4.69, 9.17) is 16.3 Å². The number of aryl methyl sites for hydroxylation is 2. The van der Waals surface area contributed by atoms with Gasteiger partial charge in [-0.1, -0.05) is 60.1 Å². The number of rotatable bonds is 5. The maximum atomic E-state index is 6.52. The number of ether oxygens (including phenoxy) is 1. The molecule has 0 saturated carbocycles. The fraction of sp³-hybridized carbons (Fsp3) is 0.182. The fourth-order valence-electron chi connectivity index (χ4n) is 3.13. The Bertz CT molecular complexity index is 905. The molecule has 0 heterocycles. The van der Waals surface area contributed by atoms with Gasteiger partial charge in [0.2, 0.25) is 0 Å². The first-order valence-corrected chi connectivity index (χ1v) is 9.61. The summed E-state index contributed by atoms with van der Waals surface area (Å²) in [6, 6.07) is 20.9. The van der Waals surface area contributed by atoms with E-state index in [1.54, 1.807) is 0 Å². The minimum absolute atomic E-state index is 0.528. The molecular weight excluding hydrogens is 396 g/mol. The van der Waals surface area contributed by atoms with Crippen LogP contribution in [-0.4, -0.2) is 0 Å². The van der Waals surface area contributed by atoms with E-state index in [1.807, 2.05) is 24.3 Å². The number of fused-ring (bicyclic) bond motifs is 1. The lowest BCUT2D eigenvalue weighted by Gasteiger charge is -2.19. The summed E-state index contributed by atoms with van der Waals surface area (Å²) in [7, 11) is 0. The lowest BCUT2D eigenvalue weighted by Crippen LogP contribution is -2.08. The molecule has 3 aromatic rings. The second-order valence-corrected chi connectivity index (χ2v) is 7.69. The van der Waals surface area contributed by atoms with Crippen LogP contribution < -0.4 is 4.74 Å². The number of benzene rings is 3. The average Bonchev–Trinajstić information content (AvgIpc) is 2.60. The van der Waals surface area contributed by atoms with E-state index in [9.17, 15) is 0 Å². The molecule has 0 spiro atoms. The van der Waals surface area contributed by atoms with Gasteiger partial charge in [0.25, 0.3) is 0 Å². The first-order valence-electron chi connectivity index (χ1n) is 8.44. The Morgan fingerprint density at radius 1 is 0.880 bits per heavy atom. The highest BCUT2D eigenvalue weighted by molar-refractivity contribution is 9.10. The monoisotopic (exact) mass is 412 g/mol. The third-order valence-electron chi connectivity index (χ3n) is 4.67. The zero-order valence-electron chi connectivity index (χ0n) is 13.8. The Kier molecular flexibility index (Phi) is 4.82. The highest BCUT2D eigenvalue weighted by atomic mass is 79.9. The Morgan fingerprint density at radius 2 is 1.68 bits per heavy atom. The van der Waals surface area contributed by atoms with E-state index >= 15 is 0 Å². The van der Waals surface area contributed by atoms with Crippen LogP contribution in [0.4, 0.5) is 0 Å². The van der Waals surface area contributed by atoms with Crippen LogP contribution in [0.2, 0.25) is 5.02 Å². The Balaban J connectivity index is 1.50. The van der Waals surface area contributed by atoms with Crippen LogP contribution in [-0.2, 0) is 25.9 Å². The van der Waals surface area contributed by atoms with Gasteiger partial charge in [-0.2, -0.15) is 0 Å². The van der Waals surface area contributed by atoms with Crippen molar-refractivity contribution in [1.82, 2.24) is 0 Å². The second-order valence-electron chi connectivity index (χ2n) is 6.43. The lowest BCUT2D eigenvalue weighted by molar-refractivity contribution is 0.304. The van der Waals surface area contributed by atoms with E-state index < -0.39 is 0 Å². The molecule has 0 amide bonds. The first kappa shape index (κ1) is 16.7. The summed E-state index contributed by atoms with van der Waals surface area (Å²) in [5.74, 6) is 0.773. The molecule has 0 N–H and O–H groups in total. The lowest BCUT2D eigenvalue weighted by atomic mass is 9.86. The molecule has 3 heteroatoms. The summed E-state index contributed by atoms with van der Waals surface area (Å²) >= 11 is 10.1. The Morgan fingerprint density at radius 3 is 2.40 bits per heavy atom. The van der Waals surface area contributed by atoms with Gasteiger partial charge in [-0.15, -0.1) is 0 Å². The van der Waals surface area contributed by atoms with E-state index in [1.165, 1.54) is 29.5 Å². The van der Waals surface area contributed by atoms with Crippen molar-refractivity contribution < 1.29 is 4.74 Å². The van der Waals surface area contributed by atoms with Crippen LogP contribution in [0, 0.1) is 0 Å². The molecule has 25 heavy (non-hydrogen) atoms. The molecule has 1 aliphatic carbocycles. The smallest absolute Gasteiger partial charge is 0.135 e. The maximum absolute atomic E-state index is 6.52. The van der Waals surface area contributed by atoms with Gasteiger partial charge in [0.05, 0.1) is 4.47 Å². The molecule has 126 valence electrons. The fourth-order valence-corrected chi connectivity index (χ4v) is 3.86. The van der Waals surface area contributed by atoms with E-state index in [0.717, 1.165) is 32.8 Å². The van der Waals surface area contributed by atoms with Gasteiger partial charge in [-0.25, -0.2) is 0 Å². The summed E-state index contributed by atoms with van der Waals surface area (Å²) < 4.78 is 6.86. The van der Waals surface area contributed by atoms with E-state index in [-0.39, 0.29) is 0 Å². The highest BCUT2D eigenvalue weighted by Gasteiger charge is 2.14. The molecule has 0 saturated heterocycles. The van der Waals surface area contributed by atoms with Gasteiger partial charge >= 0.3 is 0 Å². The molecule has 0 radical (unpaired) electrons. The Hall–Kier alpha value is -1.77. The van der Waals surface area contributed by atoms with Gasteiger partial charge < -0.3 is 4.74 Å². The predicted octanol–water partition coefficient (Wildman–Crippen LogP) is 6.37. The molecule has 4 rings (SSSR count). The molecule has 0 aliphatic heterocycles. The Labute approximate surface area is 161 Å². The number of hydrogen-bond donors (Lipinski definition) is 0. The van der Waals surface area contributed by atoms with Crippen molar-refractivity contribution >= 4 is 27.5 Å². The maximum Gasteiger partial charge on any atom is 0.135 e. The van der Waals surface area contributed by atoms with Crippen LogP contribution in [0.3, 0.4) is 0 Å². The molecule has 0 bridgehead atoms. The highest BCUT2D eigenvalue weighted by Crippen LogP contribution is 2.34. The van der Waals surface area contributed by atoms with Crippen LogP contribution in [0.15, 0.2) is 65.1 Å². The molecule has 0 unspecified atom stereocenters. The number of hydrogen-bond acceptors (Lipinski definition) is 1. The molecule has 1 aliphatic rings. The summed E-state index contributed by atoms with van der Waals surface area (Å²) in [6.07, 6.45) is 3.26. The molecule has 0 atom stereocenters. The summed E-state index contributed by atoms with van der Waals surface area (Å²) in [5.41, 5.74) is 6.53. The second kappa shape index (κ2) is 7.23. The van der Waals surface area contributed by atoms with Gasteiger partial charge in [0, 0.05) is 11.1 Å². The van der Waals surface area contributed by atoms with Crippen molar-refractivity contribution in [2.75, 3.05) is 0 Å². The minimum atomic E-state index is 0.528. The molecule has 0 fully saturated rings. The molecule has 0 aromatic heterocycles. The third-order valence-corrected chi connectivity index (χ3v) is 5.64. The van der Waals surface area contributed by atoms with Crippen LogP contribution in [0.1, 0.15) is 27.8 Å². The molecular formula is C22H18BrClO. The van der Waals surface area contributed by atoms with Crippen molar-refractivity contribution in [3.63, 3.8) is 0 Å².